The van der Waals surface area contributed by atoms with Crippen LogP contribution in [0.3, 0.4) is 0 Å². The number of aromatic nitrogens is 2. The topological polar surface area (TPSA) is 70.4 Å². The summed E-state index contributed by atoms with van der Waals surface area (Å²) in [6, 6.07) is 18.8. The second-order valence-electron chi connectivity index (χ2n) is 8.10. The molecule has 31 heavy (non-hydrogen) atoms. The van der Waals surface area contributed by atoms with E-state index in [1.807, 2.05) is 24.3 Å². The zero-order chi connectivity index (χ0) is 21.8. The highest BCUT2D eigenvalue weighted by molar-refractivity contribution is 5.91. The van der Waals surface area contributed by atoms with Crippen LogP contribution in [0.2, 0.25) is 0 Å². The normalized spacial score (nSPS) is 17.2. The predicted molar refractivity (Wildman–Crippen MR) is 123 cm³/mol. The van der Waals surface area contributed by atoms with Crippen LogP contribution in [-0.2, 0) is 4.79 Å². The fourth-order valence-electron chi connectivity index (χ4n) is 4.39. The Bertz CT molecular complexity index is 1090. The van der Waals surface area contributed by atoms with Crippen LogP contribution in [0.1, 0.15) is 30.1 Å². The van der Waals surface area contributed by atoms with Gasteiger partial charge in [0.25, 0.3) is 5.91 Å². The van der Waals surface area contributed by atoms with Crippen molar-refractivity contribution >= 4 is 12.0 Å². The van der Waals surface area contributed by atoms with E-state index in [0.29, 0.717) is 6.04 Å². The summed E-state index contributed by atoms with van der Waals surface area (Å²) in [5.74, 6) is 0.387. The van der Waals surface area contributed by atoms with Crippen molar-refractivity contribution in [2.75, 3.05) is 20.1 Å². The minimum Gasteiger partial charge on any atom is -0.319 e. The van der Waals surface area contributed by atoms with Gasteiger partial charge in [-0.05, 0) is 51.1 Å². The summed E-state index contributed by atoms with van der Waals surface area (Å²) < 4.78 is 2.41. The molecule has 1 aliphatic heterocycles. The number of nitrogens with one attached hydrogen (secondary N) is 1. The summed E-state index contributed by atoms with van der Waals surface area (Å²) in [6.45, 7) is 4.18. The number of rotatable bonds is 5. The average molecular weight is 417 g/mol. The highest BCUT2D eigenvalue weighted by atomic mass is 16.5. The third-order valence-electron chi connectivity index (χ3n) is 5.78. The molecule has 0 unspecified atom stereocenters. The molecule has 0 bridgehead atoms. The van der Waals surface area contributed by atoms with Gasteiger partial charge in [-0.15, -0.1) is 0 Å². The molecule has 1 saturated heterocycles. The van der Waals surface area contributed by atoms with E-state index in [1.165, 1.54) is 11.6 Å². The van der Waals surface area contributed by atoms with Crippen molar-refractivity contribution < 1.29 is 10.0 Å². The van der Waals surface area contributed by atoms with Gasteiger partial charge in [0.05, 0.1) is 11.4 Å². The van der Waals surface area contributed by atoms with Gasteiger partial charge in [-0.2, -0.15) is 0 Å². The molecule has 6 heteroatoms. The molecule has 2 aromatic carbocycles. The van der Waals surface area contributed by atoms with E-state index >= 15 is 0 Å². The van der Waals surface area contributed by atoms with Gasteiger partial charge in [-0.1, -0.05) is 48.5 Å². The summed E-state index contributed by atoms with van der Waals surface area (Å²) in [4.78, 5) is 18.8. The number of amides is 1. The Morgan fingerprint density at radius 2 is 1.94 bits per heavy atom. The molecule has 1 fully saturated rings. The molecule has 1 aliphatic rings. The van der Waals surface area contributed by atoms with E-state index in [4.69, 9.17) is 10.2 Å². The van der Waals surface area contributed by atoms with Crippen LogP contribution in [0.5, 0.6) is 0 Å². The molecule has 3 aromatic rings. The lowest BCUT2D eigenvalue weighted by molar-refractivity contribution is -0.124. The molecule has 160 valence electrons. The number of carbonyl (C=O) groups is 1. The van der Waals surface area contributed by atoms with Crippen LogP contribution >= 0.6 is 0 Å². The standard InChI is InChI=1S/C25H28N4O2/c1-18-24(20-9-4-3-5-10-20)29(22-12-7-15-28(2)17-22)25(26-18)21-11-6-8-19(16-21)13-14-23(30)27-31/h3-6,8-11,13-14,16,22,31H,7,12,15,17H2,1-2H3,(H,27,30)/t22-/m1/s1. The van der Waals surface area contributed by atoms with Crippen LogP contribution in [0.15, 0.2) is 60.7 Å². The SMILES string of the molecule is Cc1nc(-c2cccc(C=CC(=O)NO)c2)n([C@@H]2CCCN(C)C2)c1-c1ccccc1. The largest absolute Gasteiger partial charge is 0.319 e. The highest BCUT2D eigenvalue weighted by Gasteiger charge is 2.26. The maximum atomic E-state index is 11.4. The number of nitrogens with zero attached hydrogens (tertiary/aromatic N) is 3. The zero-order valence-electron chi connectivity index (χ0n) is 18.0. The van der Waals surface area contributed by atoms with Gasteiger partial charge in [0.15, 0.2) is 0 Å². The maximum absolute atomic E-state index is 11.4. The van der Waals surface area contributed by atoms with Gasteiger partial charge in [-0.25, -0.2) is 10.5 Å². The molecule has 1 amide bonds. The minimum atomic E-state index is -0.556. The van der Waals surface area contributed by atoms with Crippen molar-refractivity contribution in [3.63, 3.8) is 0 Å². The third kappa shape index (κ3) is 4.60. The minimum absolute atomic E-state index is 0.338. The number of aryl methyl sites for hydroxylation is 1. The number of hydrogen-bond donors (Lipinski definition) is 2. The van der Waals surface area contributed by atoms with Gasteiger partial charge in [0.1, 0.15) is 5.82 Å². The Balaban J connectivity index is 1.83. The van der Waals surface area contributed by atoms with Crippen LogP contribution in [-0.4, -0.2) is 45.7 Å². The van der Waals surface area contributed by atoms with E-state index in [-0.39, 0.29) is 0 Å². The molecule has 0 saturated carbocycles. The van der Waals surface area contributed by atoms with Gasteiger partial charge in [0, 0.05) is 29.8 Å². The lowest BCUT2D eigenvalue weighted by Gasteiger charge is -2.32. The number of piperidine rings is 1. The van der Waals surface area contributed by atoms with Crippen molar-refractivity contribution in [2.45, 2.75) is 25.8 Å². The number of likely N-dealkylation sites (tertiary alicyclic amines) is 1. The second-order valence-corrected chi connectivity index (χ2v) is 8.10. The number of imidazole rings is 1. The smallest absolute Gasteiger partial charge is 0.267 e. The Morgan fingerprint density at radius 3 is 2.68 bits per heavy atom. The molecular weight excluding hydrogens is 388 g/mol. The van der Waals surface area contributed by atoms with E-state index in [1.54, 1.807) is 11.6 Å². The van der Waals surface area contributed by atoms with E-state index in [9.17, 15) is 4.79 Å². The average Bonchev–Trinajstić information content (AvgIpc) is 3.15. The van der Waals surface area contributed by atoms with Gasteiger partial charge >= 0.3 is 0 Å². The Kier molecular flexibility index (Phi) is 6.30. The summed E-state index contributed by atoms with van der Waals surface area (Å²) in [7, 11) is 2.18. The van der Waals surface area contributed by atoms with E-state index in [2.05, 4.69) is 53.8 Å². The number of hydroxylamine groups is 1. The highest BCUT2D eigenvalue weighted by Crippen LogP contribution is 2.36. The Hall–Kier alpha value is -3.22. The third-order valence-corrected chi connectivity index (χ3v) is 5.78. The second kappa shape index (κ2) is 9.29. The Morgan fingerprint density at radius 1 is 1.16 bits per heavy atom. The Labute approximate surface area is 182 Å². The molecule has 0 spiro atoms. The first-order chi connectivity index (χ1) is 15.1. The van der Waals surface area contributed by atoms with Gasteiger partial charge in [0.2, 0.25) is 0 Å². The van der Waals surface area contributed by atoms with Crippen molar-refractivity contribution in [1.82, 2.24) is 19.9 Å². The van der Waals surface area contributed by atoms with Crippen LogP contribution in [0, 0.1) is 6.92 Å². The predicted octanol–water partition coefficient (Wildman–Crippen LogP) is 4.31. The lowest BCUT2D eigenvalue weighted by atomic mass is 10.0. The van der Waals surface area contributed by atoms with Crippen LogP contribution in [0.25, 0.3) is 28.7 Å². The monoisotopic (exact) mass is 416 g/mol. The summed E-state index contributed by atoms with van der Waals surface area (Å²) >= 11 is 0. The van der Waals surface area contributed by atoms with Crippen molar-refractivity contribution in [3.05, 3.63) is 71.9 Å². The first-order valence-electron chi connectivity index (χ1n) is 10.6. The number of benzene rings is 2. The quantitative estimate of drug-likeness (QED) is 0.369. The molecule has 1 atom stereocenters. The molecule has 4 rings (SSSR count). The summed E-state index contributed by atoms with van der Waals surface area (Å²) in [6.07, 6.45) is 5.26. The zero-order valence-corrected chi connectivity index (χ0v) is 18.0. The van der Waals surface area contributed by atoms with Crippen molar-refractivity contribution in [3.8, 4) is 22.6 Å². The van der Waals surface area contributed by atoms with Crippen LogP contribution < -0.4 is 5.48 Å². The van der Waals surface area contributed by atoms with Gasteiger partial charge < -0.3 is 9.47 Å². The number of hydrogen-bond acceptors (Lipinski definition) is 4. The van der Waals surface area contributed by atoms with E-state index < -0.39 is 5.91 Å². The lowest BCUT2D eigenvalue weighted by Crippen LogP contribution is -2.34. The molecule has 1 aromatic heterocycles. The first-order valence-corrected chi connectivity index (χ1v) is 10.6. The molecule has 0 radical (unpaired) electrons. The van der Waals surface area contributed by atoms with Crippen molar-refractivity contribution in [2.24, 2.45) is 0 Å². The molecular formula is C25H28N4O2. The fourth-order valence-corrected chi connectivity index (χ4v) is 4.39. The molecule has 6 nitrogen and oxygen atoms in total. The number of carbonyl (C=O) groups excluding carboxylic acids is 1. The van der Waals surface area contributed by atoms with Crippen molar-refractivity contribution in [1.29, 1.82) is 0 Å². The fraction of sp³-hybridized carbons (Fsp3) is 0.280. The first kappa shape index (κ1) is 21.0. The van der Waals surface area contributed by atoms with Gasteiger partial charge in [-0.3, -0.25) is 10.0 Å². The number of likely N-dealkylation sites (N-methyl/N-ethyl adjacent to an activating group) is 1. The summed E-state index contributed by atoms with van der Waals surface area (Å²) in [5, 5.41) is 8.72. The molecule has 2 N–H and O–H groups in total. The summed E-state index contributed by atoms with van der Waals surface area (Å²) in [5.41, 5.74) is 6.84. The van der Waals surface area contributed by atoms with E-state index in [0.717, 1.165) is 54.3 Å². The molecule has 0 aliphatic carbocycles. The maximum Gasteiger partial charge on any atom is 0.267 e. The van der Waals surface area contributed by atoms with Crippen LogP contribution in [0.4, 0.5) is 0 Å². The molecule has 2 heterocycles.